The van der Waals surface area contributed by atoms with E-state index < -0.39 is 56.6 Å². The van der Waals surface area contributed by atoms with Crippen molar-refractivity contribution in [2.75, 3.05) is 12.0 Å². The van der Waals surface area contributed by atoms with Crippen LogP contribution in [-0.4, -0.2) is 56.0 Å². The number of aromatic hydroxyl groups is 1. The monoisotopic (exact) mass is 640 g/mol. The number of carbonyl (C=O) groups is 4. The van der Waals surface area contributed by atoms with Crippen LogP contribution in [0, 0.1) is 29.5 Å². The average molecular weight is 642 g/mol. The van der Waals surface area contributed by atoms with Gasteiger partial charge in [-0.15, -0.1) is 23.2 Å². The van der Waals surface area contributed by atoms with Crippen LogP contribution in [0.1, 0.15) is 39.2 Å². The fourth-order valence-electron chi connectivity index (χ4n) is 7.31. The van der Waals surface area contributed by atoms with Gasteiger partial charge in [-0.25, -0.2) is 9.29 Å². The van der Waals surface area contributed by atoms with Crippen LogP contribution >= 0.6 is 23.2 Å². The number of halogens is 3. The van der Waals surface area contributed by atoms with E-state index in [1.165, 1.54) is 30.2 Å². The Balaban J connectivity index is 1.51. The maximum atomic E-state index is 14.3. The molecule has 44 heavy (non-hydrogen) atoms. The minimum atomic E-state index is -2.01. The second-order valence-corrected chi connectivity index (χ2v) is 14.0. The second-order valence-electron chi connectivity index (χ2n) is 12.8. The molecule has 0 bridgehead atoms. The van der Waals surface area contributed by atoms with Gasteiger partial charge in [-0.05, 0) is 81.5 Å². The molecule has 0 aromatic heterocycles. The standard InChI is InChI=1S/C33H31Cl2FN2O6/c1-31(2,3)38-27(40)21-12-11-20-22(26(21)28(38)41)16-32(34)29(42)37(19-9-7-18(36)8-10-19)30(43)33(32,35)23(20)13-5-17-6-14-24(39)25(15-17)44-4/h5-11,13-15,21-23,26,39H,12,16H2,1-4H3/t21-,22+,23-,26-,32+,33-/m0/s1. The molecule has 3 fully saturated rings. The molecule has 0 spiro atoms. The van der Waals surface area contributed by atoms with Crippen molar-refractivity contribution < 1.29 is 33.4 Å². The number of hydrogen-bond acceptors (Lipinski definition) is 6. The summed E-state index contributed by atoms with van der Waals surface area (Å²) < 4.78 is 19.0. The van der Waals surface area contributed by atoms with E-state index in [9.17, 15) is 28.7 Å². The Bertz CT molecular complexity index is 1670. The topological polar surface area (TPSA) is 104 Å². The van der Waals surface area contributed by atoms with E-state index in [-0.39, 0.29) is 41.8 Å². The van der Waals surface area contributed by atoms with Gasteiger partial charge in [-0.3, -0.25) is 24.1 Å². The number of allylic oxidation sites excluding steroid dienone is 3. The van der Waals surface area contributed by atoms with Crippen molar-refractivity contribution in [3.8, 4) is 11.5 Å². The number of fused-ring (bicyclic) bond motifs is 4. The van der Waals surface area contributed by atoms with E-state index in [0.717, 1.165) is 17.0 Å². The molecule has 2 aliphatic carbocycles. The summed E-state index contributed by atoms with van der Waals surface area (Å²) in [6, 6.07) is 9.57. The molecule has 6 atom stereocenters. The number of hydrogen-bond donors (Lipinski definition) is 1. The zero-order valence-electron chi connectivity index (χ0n) is 24.5. The summed E-state index contributed by atoms with van der Waals surface area (Å²) >= 11 is 14.6. The Labute approximate surface area is 264 Å². The van der Waals surface area contributed by atoms with Crippen LogP contribution in [0.25, 0.3) is 6.08 Å². The highest BCUT2D eigenvalue weighted by Crippen LogP contribution is 2.63. The lowest BCUT2D eigenvalue weighted by Gasteiger charge is -2.49. The number of ether oxygens (including phenoxy) is 1. The second kappa shape index (κ2) is 10.2. The van der Waals surface area contributed by atoms with Crippen LogP contribution in [-0.2, 0) is 19.2 Å². The first-order chi connectivity index (χ1) is 20.6. The number of likely N-dealkylation sites (tertiary alicyclic amines) is 1. The van der Waals surface area contributed by atoms with Gasteiger partial charge >= 0.3 is 0 Å². The third-order valence-electron chi connectivity index (χ3n) is 9.31. The van der Waals surface area contributed by atoms with Gasteiger partial charge in [0.1, 0.15) is 5.82 Å². The molecule has 2 aliphatic heterocycles. The molecule has 11 heteroatoms. The van der Waals surface area contributed by atoms with Crippen molar-refractivity contribution in [2.24, 2.45) is 23.7 Å². The van der Waals surface area contributed by atoms with Crippen LogP contribution in [0.2, 0.25) is 0 Å². The van der Waals surface area contributed by atoms with Gasteiger partial charge in [-0.2, -0.15) is 0 Å². The van der Waals surface area contributed by atoms with Crippen molar-refractivity contribution in [3.63, 3.8) is 0 Å². The van der Waals surface area contributed by atoms with Crippen LogP contribution < -0.4 is 9.64 Å². The third-order valence-corrected chi connectivity index (χ3v) is 10.7. The zero-order chi connectivity index (χ0) is 31.9. The highest BCUT2D eigenvalue weighted by atomic mass is 35.5. The molecule has 8 nitrogen and oxygen atoms in total. The molecule has 4 amide bonds. The predicted octanol–water partition coefficient (Wildman–Crippen LogP) is 5.45. The first-order valence-corrected chi connectivity index (χ1v) is 15.1. The Morgan fingerprint density at radius 1 is 1.00 bits per heavy atom. The molecule has 0 radical (unpaired) electrons. The summed E-state index contributed by atoms with van der Waals surface area (Å²) in [5, 5.41) is 10.1. The molecule has 230 valence electrons. The number of nitrogens with zero attached hydrogens (tertiary/aromatic N) is 2. The van der Waals surface area contributed by atoms with Gasteiger partial charge in [0.2, 0.25) is 11.8 Å². The summed E-state index contributed by atoms with van der Waals surface area (Å²) in [6.07, 6.45) is 5.33. The van der Waals surface area contributed by atoms with E-state index in [1.807, 2.05) is 6.08 Å². The van der Waals surface area contributed by atoms with Crippen LogP contribution in [0.5, 0.6) is 11.5 Å². The number of anilines is 1. The molecule has 2 saturated heterocycles. The molecule has 2 heterocycles. The normalized spacial score (nSPS) is 31.8. The minimum absolute atomic E-state index is 0.0590. The van der Waals surface area contributed by atoms with Crippen molar-refractivity contribution in [2.45, 2.75) is 48.9 Å². The number of imide groups is 2. The lowest BCUT2D eigenvalue weighted by Crippen LogP contribution is -2.60. The van der Waals surface area contributed by atoms with Gasteiger partial charge in [0, 0.05) is 11.5 Å². The molecule has 1 N–H and O–H groups in total. The van der Waals surface area contributed by atoms with Crippen LogP contribution in [0.15, 0.2) is 60.2 Å². The summed E-state index contributed by atoms with van der Waals surface area (Å²) in [5.41, 5.74) is 0.612. The quantitative estimate of drug-likeness (QED) is 0.271. The van der Waals surface area contributed by atoms with Gasteiger partial charge in [0.05, 0.1) is 24.6 Å². The first kappa shape index (κ1) is 30.3. The fraction of sp³-hybridized carbons (Fsp3) is 0.394. The van der Waals surface area contributed by atoms with Crippen LogP contribution in [0.3, 0.4) is 0 Å². The van der Waals surface area contributed by atoms with Gasteiger partial charge < -0.3 is 9.84 Å². The molecule has 4 aliphatic rings. The smallest absolute Gasteiger partial charge is 0.258 e. The molecular formula is C33H31Cl2FN2O6. The summed E-state index contributed by atoms with van der Waals surface area (Å²) in [6.45, 7) is 5.37. The zero-order valence-corrected chi connectivity index (χ0v) is 26.0. The van der Waals surface area contributed by atoms with Gasteiger partial charge in [-0.1, -0.05) is 29.9 Å². The number of benzene rings is 2. The molecule has 2 aromatic rings. The molecule has 6 rings (SSSR count). The largest absolute Gasteiger partial charge is 0.504 e. The highest BCUT2D eigenvalue weighted by Gasteiger charge is 2.76. The van der Waals surface area contributed by atoms with Gasteiger partial charge in [0.15, 0.2) is 21.2 Å². The molecule has 1 saturated carbocycles. The Morgan fingerprint density at radius 3 is 2.32 bits per heavy atom. The van der Waals surface area contributed by atoms with Crippen molar-refractivity contribution in [3.05, 3.63) is 71.6 Å². The molecular weight excluding hydrogens is 610 g/mol. The van der Waals surface area contributed by atoms with Gasteiger partial charge in [0.25, 0.3) is 11.8 Å². The number of phenolic OH excluding ortho intramolecular Hbond substituents is 1. The summed E-state index contributed by atoms with van der Waals surface area (Å²) in [7, 11) is 1.42. The van der Waals surface area contributed by atoms with Crippen LogP contribution in [0.4, 0.5) is 10.1 Å². The SMILES string of the molecule is COc1cc(C=C[C@H]2C3=CC[C@@H]4C(=O)N(C(C)(C)C)C(=O)[C@@H]4[C@@H]3C[C@@]3(Cl)C(=O)N(c4ccc(F)cc4)C(=O)[C@@]23Cl)ccc1O. The van der Waals surface area contributed by atoms with E-state index in [1.54, 1.807) is 45.1 Å². The Kier molecular flexibility index (Phi) is 7.01. The van der Waals surface area contributed by atoms with E-state index in [4.69, 9.17) is 27.9 Å². The molecule has 0 unspecified atom stereocenters. The van der Waals surface area contributed by atoms with E-state index >= 15 is 0 Å². The number of phenols is 1. The maximum absolute atomic E-state index is 14.3. The van der Waals surface area contributed by atoms with E-state index in [0.29, 0.717) is 11.1 Å². The number of methoxy groups -OCH3 is 1. The predicted molar refractivity (Wildman–Crippen MR) is 163 cm³/mol. The Morgan fingerprint density at radius 2 is 1.68 bits per heavy atom. The maximum Gasteiger partial charge on any atom is 0.258 e. The summed E-state index contributed by atoms with van der Waals surface area (Å²) in [4.78, 5) is 54.1. The van der Waals surface area contributed by atoms with E-state index in [2.05, 4.69) is 0 Å². The Hall–Kier alpha value is -3.69. The number of carbonyl (C=O) groups excluding carboxylic acids is 4. The minimum Gasteiger partial charge on any atom is -0.504 e. The number of alkyl halides is 2. The summed E-state index contributed by atoms with van der Waals surface area (Å²) in [5.74, 6) is -5.59. The van der Waals surface area contributed by atoms with Crippen molar-refractivity contribution in [1.82, 2.24) is 4.90 Å². The lowest BCUT2D eigenvalue weighted by atomic mass is 9.57. The lowest BCUT2D eigenvalue weighted by molar-refractivity contribution is -0.145. The third kappa shape index (κ3) is 4.15. The average Bonchev–Trinajstić information content (AvgIpc) is 3.32. The number of amides is 4. The number of rotatable bonds is 4. The molecule has 2 aromatic carbocycles. The van der Waals surface area contributed by atoms with Crippen molar-refractivity contribution >= 4 is 58.6 Å². The fourth-order valence-corrected chi connectivity index (χ4v) is 8.20. The van der Waals surface area contributed by atoms with Crippen molar-refractivity contribution in [1.29, 1.82) is 0 Å². The highest BCUT2D eigenvalue weighted by molar-refractivity contribution is 6.58. The first-order valence-electron chi connectivity index (χ1n) is 14.3.